The molecule has 0 radical (unpaired) electrons. The maximum Gasteiger partial charge on any atom is 0.443 e. The molecule has 1 aliphatic rings. The molecular formula is C25H18ClF4N7O4S. The Morgan fingerprint density at radius 1 is 1.12 bits per heavy atom. The third kappa shape index (κ3) is 4.85. The second-order valence-corrected chi connectivity index (χ2v) is 10.7. The molecular weight excluding hydrogens is 606 g/mol. The highest BCUT2D eigenvalue weighted by molar-refractivity contribution is 7.18. The molecule has 0 bridgehead atoms. The number of benzene rings is 2. The number of alkyl halides is 3. The highest BCUT2D eigenvalue weighted by Crippen LogP contribution is 2.41. The fourth-order valence-electron chi connectivity index (χ4n) is 4.62. The minimum atomic E-state index is -4.61. The van der Waals surface area contributed by atoms with Crippen molar-refractivity contribution in [2.24, 2.45) is 0 Å². The minimum Gasteiger partial charge on any atom is -0.512 e. The van der Waals surface area contributed by atoms with Gasteiger partial charge in [0.15, 0.2) is 22.7 Å². The number of fused-ring (bicyclic) bond motifs is 1. The van der Waals surface area contributed by atoms with Crippen LogP contribution >= 0.6 is 22.9 Å². The molecule has 218 valence electrons. The van der Waals surface area contributed by atoms with Crippen LogP contribution in [-0.2, 0) is 10.9 Å². The first-order valence-corrected chi connectivity index (χ1v) is 13.3. The van der Waals surface area contributed by atoms with E-state index in [2.05, 4.69) is 25.4 Å². The van der Waals surface area contributed by atoms with Gasteiger partial charge in [0.05, 0.1) is 27.1 Å². The van der Waals surface area contributed by atoms with Crippen molar-refractivity contribution in [3.8, 4) is 16.9 Å². The number of hydrogen-bond acceptors (Lipinski definition) is 10. The largest absolute Gasteiger partial charge is 0.512 e. The van der Waals surface area contributed by atoms with E-state index >= 15 is 0 Å². The zero-order valence-corrected chi connectivity index (χ0v) is 22.7. The number of aliphatic hydroxyl groups excluding tert-OH is 3. The molecule has 1 saturated heterocycles. The van der Waals surface area contributed by atoms with E-state index in [1.807, 2.05) is 0 Å². The Hall–Kier alpha value is -4.12. The van der Waals surface area contributed by atoms with Crippen LogP contribution < -0.4 is 0 Å². The van der Waals surface area contributed by atoms with Crippen LogP contribution in [0.15, 0.2) is 54.6 Å². The topological polar surface area (TPSA) is 144 Å². The Bertz CT molecular complexity index is 1840. The van der Waals surface area contributed by atoms with Crippen molar-refractivity contribution in [2.75, 3.05) is 0 Å². The summed E-state index contributed by atoms with van der Waals surface area (Å²) in [6.45, 7) is 1.56. The van der Waals surface area contributed by atoms with Crippen LogP contribution in [0.25, 0.3) is 27.2 Å². The second kappa shape index (κ2) is 10.3. The predicted octanol–water partition coefficient (Wildman–Crippen LogP) is 4.69. The maximum atomic E-state index is 14.0. The van der Waals surface area contributed by atoms with Crippen LogP contribution in [0, 0.1) is 12.7 Å². The molecule has 0 saturated carbocycles. The summed E-state index contributed by atoms with van der Waals surface area (Å²) in [4.78, 5) is 7.99. The van der Waals surface area contributed by atoms with Crippen molar-refractivity contribution in [3.63, 3.8) is 0 Å². The number of hydrogen-bond donors (Lipinski definition) is 3. The highest BCUT2D eigenvalue weighted by Gasteiger charge is 2.47. The molecule has 42 heavy (non-hydrogen) atoms. The SMILES string of the molecule is Cc1nc([C@@H]2O/C(=C/O)[C@H](O)[C@H](n3cc(-c4ccc(Cl)c(F)c4)nn3)[C@H]2O)n(-c2ccc3nc(C(F)(F)F)sc3c2)n1. The van der Waals surface area contributed by atoms with Gasteiger partial charge in [0.1, 0.15) is 41.8 Å². The smallest absolute Gasteiger partial charge is 0.443 e. The highest BCUT2D eigenvalue weighted by atomic mass is 35.5. The quantitative estimate of drug-likeness (QED) is 0.192. The van der Waals surface area contributed by atoms with Gasteiger partial charge in [-0.3, -0.25) is 0 Å². The molecule has 0 unspecified atom stereocenters. The first-order chi connectivity index (χ1) is 19.9. The van der Waals surface area contributed by atoms with Gasteiger partial charge in [0.25, 0.3) is 0 Å². The molecule has 5 aromatic rings. The Kier molecular flexibility index (Phi) is 6.87. The van der Waals surface area contributed by atoms with E-state index in [4.69, 9.17) is 16.3 Å². The zero-order valence-electron chi connectivity index (χ0n) is 21.1. The third-order valence-electron chi connectivity index (χ3n) is 6.55. The first kappa shape index (κ1) is 28.0. The van der Waals surface area contributed by atoms with E-state index in [1.54, 1.807) is 6.92 Å². The Morgan fingerprint density at radius 2 is 1.90 bits per heavy atom. The van der Waals surface area contributed by atoms with Crippen molar-refractivity contribution < 1.29 is 37.6 Å². The lowest BCUT2D eigenvalue weighted by Crippen LogP contribution is -2.46. The summed E-state index contributed by atoms with van der Waals surface area (Å²) in [7, 11) is 0. The van der Waals surface area contributed by atoms with E-state index in [9.17, 15) is 32.9 Å². The zero-order chi connectivity index (χ0) is 29.9. The van der Waals surface area contributed by atoms with E-state index in [-0.39, 0.29) is 38.3 Å². The normalized spacial score (nSPS) is 22.1. The van der Waals surface area contributed by atoms with E-state index < -0.39 is 41.4 Å². The van der Waals surface area contributed by atoms with Crippen LogP contribution in [0.2, 0.25) is 5.02 Å². The number of aryl methyl sites for hydroxylation is 1. The van der Waals surface area contributed by atoms with Gasteiger partial charge >= 0.3 is 6.18 Å². The van der Waals surface area contributed by atoms with Gasteiger partial charge in [0, 0.05) is 5.56 Å². The number of rotatable bonds is 4. The molecule has 0 amide bonds. The number of thiazole rings is 1. The average Bonchev–Trinajstić information content (AvgIpc) is 3.68. The van der Waals surface area contributed by atoms with Gasteiger partial charge in [-0.15, -0.1) is 16.4 Å². The fourth-order valence-corrected chi connectivity index (χ4v) is 5.60. The van der Waals surface area contributed by atoms with Crippen LogP contribution in [0.4, 0.5) is 17.6 Å². The summed E-state index contributed by atoms with van der Waals surface area (Å²) >= 11 is 6.22. The van der Waals surface area contributed by atoms with Crippen molar-refractivity contribution in [1.82, 2.24) is 34.7 Å². The summed E-state index contributed by atoms with van der Waals surface area (Å²) in [6, 6.07) is 7.06. The first-order valence-electron chi connectivity index (χ1n) is 12.1. The Balaban J connectivity index is 1.38. The standard InChI is InChI=1S/C25H18ClF4N7O4S/c1-10-31-23(37(34-10)12-3-5-15-18(7-12)42-24(32-15)25(28,29)30)22-21(40)19(20(39)17(9-38)41-22)36-8-16(33-35-36)11-2-4-13(26)14(27)6-11/h2-9,19-22,38-40H,1H3/b17-9+/t19-,20-,21+,22+/m0/s1. The number of aromatic nitrogens is 7. The van der Waals surface area contributed by atoms with Gasteiger partial charge in [0.2, 0.25) is 0 Å². The molecule has 1 aliphatic heterocycles. The van der Waals surface area contributed by atoms with Crippen molar-refractivity contribution in [3.05, 3.63) is 82.1 Å². The summed E-state index contributed by atoms with van der Waals surface area (Å²) in [5.41, 5.74) is 0.977. The van der Waals surface area contributed by atoms with Crippen molar-refractivity contribution in [2.45, 2.75) is 37.5 Å². The van der Waals surface area contributed by atoms with E-state index in [1.165, 1.54) is 41.2 Å². The van der Waals surface area contributed by atoms with Crippen LogP contribution in [0.5, 0.6) is 0 Å². The number of halogens is 5. The molecule has 2 aromatic carbocycles. The van der Waals surface area contributed by atoms with Crippen LogP contribution in [0.1, 0.15) is 28.8 Å². The van der Waals surface area contributed by atoms with Crippen LogP contribution in [-0.4, -0.2) is 62.3 Å². The fraction of sp³-hybridized carbons (Fsp3) is 0.240. The van der Waals surface area contributed by atoms with E-state index in [0.717, 1.165) is 10.7 Å². The second-order valence-electron chi connectivity index (χ2n) is 9.31. The molecule has 3 aromatic heterocycles. The number of aliphatic hydroxyl groups is 3. The van der Waals surface area contributed by atoms with Gasteiger partial charge in [-0.25, -0.2) is 23.7 Å². The molecule has 4 atom stereocenters. The number of ether oxygens (including phenoxy) is 1. The summed E-state index contributed by atoms with van der Waals surface area (Å²) < 4.78 is 62.0. The molecule has 3 N–H and O–H groups in total. The lowest BCUT2D eigenvalue weighted by Gasteiger charge is -2.38. The lowest BCUT2D eigenvalue weighted by atomic mass is 9.94. The molecule has 4 heterocycles. The average molecular weight is 624 g/mol. The van der Waals surface area contributed by atoms with Gasteiger partial charge in [-0.2, -0.15) is 18.3 Å². The molecule has 17 heteroatoms. The minimum absolute atomic E-state index is 0.0243. The van der Waals surface area contributed by atoms with Crippen LogP contribution in [0.3, 0.4) is 0 Å². The van der Waals surface area contributed by atoms with Crippen molar-refractivity contribution in [1.29, 1.82) is 0 Å². The van der Waals surface area contributed by atoms with Crippen molar-refractivity contribution >= 4 is 33.2 Å². The molecule has 0 aliphatic carbocycles. The third-order valence-corrected chi connectivity index (χ3v) is 7.92. The molecule has 1 fully saturated rings. The van der Waals surface area contributed by atoms with E-state index in [0.29, 0.717) is 28.8 Å². The Morgan fingerprint density at radius 3 is 2.62 bits per heavy atom. The summed E-state index contributed by atoms with van der Waals surface area (Å²) in [5.74, 6) is -0.742. The van der Waals surface area contributed by atoms with Gasteiger partial charge in [-0.1, -0.05) is 22.9 Å². The lowest BCUT2D eigenvalue weighted by molar-refractivity contribution is -0.137. The Labute approximate surface area is 241 Å². The predicted molar refractivity (Wildman–Crippen MR) is 140 cm³/mol. The summed E-state index contributed by atoms with van der Waals surface area (Å²) in [6.07, 6.45) is -7.22. The maximum absolute atomic E-state index is 14.0. The molecule has 0 spiro atoms. The number of nitrogens with zero attached hydrogens (tertiary/aromatic N) is 7. The molecule has 6 rings (SSSR count). The van der Waals surface area contributed by atoms with Gasteiger partial charge < -0.3 is 20.1 Å². The summed E-state index contributed by atoms with van der Waals surface area (Å²) in [5, 5.41) is 43.5. The monoisotopic (exact) mass is 623 g/mol. The van der Waals surface area contributed by atoms with Gasteiger partial charge in [-0.05, 0) is 37.3 Å². The molecule has 11 nitrogen and oxygen atoms in total.